The Morgan fingerprint density at radius 2 is 1.74 bits per heavy atom. The number of fused-ring (bicyclic) bond motifs is 3. The van der Waals surface area contributed by atoms with Gasteiger partial charge in [0.15, 0.2) is 5.69 Å². The normalized spacial score (nSPS) is 18.9. The molecule has 0 spiro atoms. The van der Waals surface area contributed by atoms with E-state index in [9.17, 15) is 24.6 Å². The number of carbonyl (C=O) groups is 3. The number of aliphatic carboxylic acids is 1. The van der Waals surface area contributed by atoms with E-state index in [2.05, 4.69) is 10.5 Å². The van der Waals surface area contributed by atoms with Gasteiger partial charge in [0.25, 0.3) is 5.91 Å². The molecule has 2 aromatic carbocycles. The summed E-state index contributed by atoms with van der Waals surface area (Å²) >= 11 is 0. The third kappa shape index (κ3) is 3.88. The SMILES string of the molecule is O=C(Nc1cc(C(=O)N2C[C@H](O)C[C@H]2C(=O)O)no1)OCC1c2ccccc2-c2ccccc21. The molecule has 174 valence electrons. The number of carboxylic acids is 1. The van der Waals surface area contributed by atoms with Gasteiger partial charge in [-0.3, -0.25) is 10.1 Å². The van der Waals surface area contributed by atoms with E-state index in [1.807, 2.05) is 48.5 Å². The molecule has 3 aromatic rings. The number of hydrogen-bond donors (Lipinski definition) is 3. The summed E-state index contributed by atoms with van der Waals surface area (Å²) in [6.45, 7) is -0.0243. The molecule has 1 aromatic heterocycles. The summed E-state index contributed by atoms with van der Waals surface area (Å²) in [6.07, 6.45) is -1.78. The van der Waals surface area contributed by atoms with E-state index in [-0.39, 0.29) is 37.1 Å². The van der Waals surface area contributed by atoms with Crippen molar-refractivity contribution in [2.24, 2.45) is 0 Å². The van der Waals surface area contributed by atoms with Gasteiger partial charge in [-0.1, -0.05) is 53.7 Å². The lowest BCUT2D eigenvalue weighted by molar-refractivity contribution is -0.141. The van der Waals surface area contributed by atoms with Gasteiger partial charge < -0.3 is 24.4 Å². The molecule has 3 N–H and O–H groups in total. The Labute approximate surface area is 193 Å². The topological polar surface area (TPSA) is 142 Å². The number of rotatable bonds is 5. The van der Waals surface area contributed by atoms with Crippen molar-refractivity contribution >= 4 is 23.9 Å². The fourth-order valence-electron chi connectivity index (χ4n) is 4.59. The Balaban J connectivity index is 1.23. The predicted octanol–water partition coefficient (Wildman–Crippen LogP) is 2.70. The number of amides is 2. The monoisotopic (exact) mass is 463 g/mol. The number of nitrogens with one attached hydrogen (secondary N) is 1. The minimum atomic E-state index is -1.22. The molecule has 1 fully saturated rings. The standard InChI is InChI=1S/C24H21N3O7/c28-13-9-20(23(30)31)27(11-13)22(29)19-10-21(34-26-19)25-24(32)33-12-18-16-7-3-1-5-14(16)15-6-2-4-8-17(15)18/h1-8,10,13,18,20,28H,9,11-12H2,(H,25,32)(H,30,31)/t13-,20+/m1/s1. The van der Waals surface area contributed by atoms with Gasteiger partial charge in [0.1, 0.15) is 12.6 Å². The van der Waals surface area contributed by atoms with Crippen molar-refractivity contribution in [1.82, 2.24) is 10.1 Å². The molecule has 2 atom stereocenters. The Kier molecular flexibility index (Phi) is 5.50. The number of aromatic nitrogens is 1. The molecule has 2 aliphatic rings. The highest BCUT2D eigenvalue weighted by atomic mass is 16.6. The average molecular weight is 463 g/mol. The summed E-state index contributed by atoms with van der Waals surface area (Å²) in [7, 11) is 0. The number of hydrogen-bond acceptors (Lipinski definition) is 7. The highest BCUT2D eigenvalue weighted by Gasteiger charge is 2.40. The molecule has 2 amide bonds. The third-order valence-electron chi connectivity index (χ3n) is 6.12. The van der Waals surface area contributed by atoms with E-state index in [4.69, 9.17) is 9.26 Å². The van der Waals surface area contributed by atoms with Gasteiger partial charge in [-0.2, -0.15) is 0 Å². The summed E-state index contributed by atoms with van der Waals surface area (Å²) in [5.41, 5.74) is 4.18. The van der Waals surface area contributed by atoms with E-state index >= 15 is 0 Å². The molecule has 0 unspecified atom stereocenters. The molecule has 1 aliphatic heterocycles. The Morgan fingerprint density at radius 1 is 1.09 bits per heavy atom. The van der Waals surface area contributed by atoms with E-state index in [0.29, 0.717) is 0 Å². The maximum atomic E-state index is 12.6. The summed E-state index contributed by atoms with van der Waals surface area (Å²) in [5.74, 6) is -2.16. The van der Waals surface area contributed by atoms with Crippen LogP contribution in [0.2, 0.25) is 0 Å². The summed E-state index contributed by atoms with van der Waals surface area (Å²) in [4.78, 5) is 37.4. The smallest absolute Gasteiger partial charge is 0.414 e. The van der Waals surface area contributed by atoms with Crippen molar-refractivity contribution in [3.63, 3.8) is 0 Å². The van der Waals surface area contributed by atoms with Gasteiger partial charge in [0.05, 0.1) is 6.10 Å². The zero-order valence-electron chi connectivity index (χ0n) is 17.9. The Hall–Kier alpha value is -4.18. The van der Waals surface area contributed by atoms with Crippen LogP contribution in [0.3, 0.4) is 0 Å². The number of aliphatic hydroxyl groups excluding tert-OH is 1. The summed E-state index contributed by atoms with van der Waals surface area (Å²) < 4.78 is 10.4. The second-order valence-electron chi connectivity index (χ2n) is 8.23. The summed E-state index contributed by atoms with van der Waals surface area (Å²) in [6, 6.07) is 15.9. The fraction of sp³-hybridized carbons (Fsp3) is 0.250. The fourth-order valence-corrected chi connectivity index (χ4v) is 4.59. The Bertz CT molecular complexity index is 1230. The predicted molar refractivity (Wildman–Crippen MR) is 118 cm³/mol. The number of aliphatic hydroxyl groups is 1. The zero-order valence-corrected chi connectivity index (χ0v) is 17.9. The van der Waals surface area contributed by atoms with Gasteiger partial charge >= 0.3 is 12.1 Å². The van der Waals surface area contributed by atoms with Crippen LogP contribution >= 0.6 is 0 Å². The second-order valence-corrected chi connectivity index (χ2v) is 8.23. The molecule has 10 nitrogen and oxygen atoms in total. The van der Waals surface area contributed by atoms with Crippen LogP contribution in [0.25, 0.3) is 11.1 Å². The number of β-amino-alcohol motifs (C(OH)–C–C–N with tert-alkyl or cyclic N) is 1. The van der Waals surface area contributed by atoms with Crippen molar-refractivity contribution in [2.75, 3.05) is 18.5 Å². The first-order chi connectivity index (χ1) is 16.4. The van der Waals surface area contributed by atoms with Crippen LogP contribution in [0.5, 0.6) is 0 Å². The molecular weight excluding hydrogens is 442 g/mol. The minimum absolute atomic E-state index is 0.0657. The van der Waals surface area contributed by atoms with Crippen molar-refractivity contribution in [3.05, 3.63) is 71.4 Å². The quantitative estimate of drug-likeness (QED) is 0.524. The number of carbonyl (C=O) groups excluding carboxylic acids is 2. The van der Waals surface area contributed by atoms with Gasteiger partial charge in [0.2, 0.25) is 5.88 Å². The maximum Gasteiger partial charge on any atom is 0.414 e. The number of carboxylic acid groups (broad SMARTS) is 1. The van der Waals surface area contributed by atoms with Crippen LogP contribution in [0, 0.1) is 0 Å². The summed E-state index contributed by atoms with van der Waals surface area (Å²) in [5, 5.41) is 25.0. The van der Waals surface area contributed by atoms with Gasteiger partial charge in [-0.25, -0.2) is 9.59 Å². The first-order valence-corrected chi connectivity index (χ1v) is 10.7. The van der Waals surface area contributed by atoms with Gasteiger partial charge in [-0.15, -0.1) is 0 Å². The first-order valence-electron chi connectivity index (χ1n) is 10.7. The minimum Gasteiger partial charge on any atom is -0.480 e. The number of nitrogens with zero attached hydrogens (tertiary/aromatic N) is 2. The molecule has 5 rings (SSSR count). The lowest BCUT2D eigenvalue weighted by Crippen LogP contribution is -2.40. The molecule has 0 radical (unpaired) electrons. The molecule has 0 bridgehead atoms. The number of benzene rings is 2. The zero-order chi connectivity index (χ0) is 23.8. The van der Waals surface area contributed by atoms with Crippen molar-refractivity contribution in [3.8, 4) is 11.1 Å². The molecule has 0 saturated carbocycles. The van der Waals surface area contributed by atoms with E-state index in [1.54, 1.807) is 0 Å². The average Bonchev–Trinajstić information content (AvgIpc) is 3.53. The largest absolute Gasteiger partial charge is 0.480 e. The lowest BCUT2D eigenvalue weighted by Gasteiger charge is -2.19. The lowest BCUT2D eigenvalue weighted by atomic mass is 9.98. The molecule has 2 heterocycles. The van der Waals surface area contributed by atoms with Crippen molar-refractivity contribution in [1.29, 1.82) is 0 Å². The molecule has 1 aliphatic carbocycles. The van der Waals surface area contributed by atoms with Crippen LogP contribution in [0.15, 0.2) is 59.1 Å². The molecule has 10 heteroatoms. The van der Waals surface area contributed by atoms with Gasteiger partial charge in [-0.05, 0) is 22.3 Å². The first kappa shape index (κ1) is 21.7. The third-order valence-corrected chi connectivity index (χ3v) is 6.12. The van der Waals surface area contributed by atoms with Crippen molar-refractivity contribution in [2.45, 2.75) is 24.5 Å². The highest BCUT2D eigenvalue weighted by molar-refractivity contribution is 5.96. The van der Waals surface area contributed by atoms with Crippen molar-refractivity contribution < 1.29 is 33.9 Å². The van der Waals surface area contributed by atoms with Gasteiger partial charge in [0, 0.05) is 24.9 Å². The van der Waals surface area contributed by atoms with Crippen LogP contribution < -0.4 is 5.32 Å². The highest BCUT2D eigenvalue weighted by Crippen LogP contribution is 2.44. The second kappa shape index (κ2) is 8.64. The van der Waals surface area contributed by atoms with E-state index in [1.165, 1.54) is 6.07 Å². The molecular formula is C24H21N3O7. The van der Waals surface area contributed by atoms with Crippen LogP contribution in [0.1, 0.15) is 34.0 Å². The van der Waals surface area contributed by atoms with E-state index < -0.39 is 30.1 Å². The molecule has 34 heavy (non-hydrogen) atoms. The van der Waals surface area contributed by atoms with Crippen LogP contribution in [-0.2, 0) is 9.53 Å². The maximum absolute atomic E-state index is 12.6. The number of likely N-dealkylation sites (tertiary alicyclic amines) is 1. The number of ether oxygens (including phenoxy) is 1. The Morgan fingerprint density at radius 3 is 2.38 bits per heavy atom. The van der Waals surface area contributed by atoms with Crippen LogP contribution in [0.4, 0.5) is 10.7 Å². The number of anilines is 1. The van der Waals surface area contributed by atoms with E-state index in [0.717, 1.165) is 27.2 Å². The van der Waals surface area contributed by atoms with Crippen LogP contribution in [-0.4, -0.2) is 63.5 Å². The molecule has 1 saturated heterocycles.